The van der Waals surface area contributed by atoms with E-state index in [-0.39, 0.29) is 11.4 Å². The number of rotatable bonds is 6. The number of aromatic nitrogens is 2. The maximum Gasteiger partial charge on any atom is 0.349 e. The van der Waals surface area contributed by atoms with Crippen LogP contribution in [0.4, 0.5) is 0 Å². The van der Waals surface area contributed by atoms with Gasteiger partial charge in [0.05, 0.1) is 5.69 Å². The number of fused-ring (bicyclic) bond motifs is 1. The Balaban J connectivity index is 1.74. The molecule has 35 heavy (non-hydrogen) atoms. The molecule has 6 nitrogen and oxygen atoms in total. The number of H-pyrrole nitrogens is 1. The largest absolute Gasteiger partial charge is 0.478 e. The minimum atomic E-state index is -1.33. The van der Waals surface area contributed by atoms with E-state index in [0.717, 1.165) is 26.5 Å². The summed E-state index contributed by atoms with van der Waals surface area (Å²) in [4.78, 5) is 20.0. The lowest BCUT2D eigenvalue weighted by molar-refractivity contribution is -0.145. The molecule has 5 aromatic rings. The molecule has 0 aliphatic carbocycles. The maximum atomic E-state index is 12.1. The molecule has 0 saturated carbocycles. The van der Waals surface area contributed by atoms with Crippen molar-refractivity contribution < 1.29 is 14.6 Å². The second-order valence-electron chi connectivity index (χ2n) is 7.85. The van der Waals surface area contributed by atoms with Gasteiger partial charge in [-0.2, -0.15) is 5.26 Å². The Morgan fingerprint density at radius 3 is 2.40 bits per heavy atom. The van der Waals surface area contributed by atoms with E-state index in [1.807, 2.05) is 60.8 Å². The molecule has 0 bridgehead atoms. The average Bonchev–Trinajstić information content (AvgIpc) is 3.30. The number of ether oxygens (including phenoxy) is 1. The van der Waals surface area contributed by atoms with Gasteiger partial charge in [0.2, 0.25) is 12.0 Å². The molecule has 1 unspecified atom stereocenters. The van der Waals surface area contributed by atoms with Crippen LogP contribution in [0.2, 0.25) is 0 Å². The minimum Gasteiger partial charge on any atom is -0.478 e. The molecule has 0 saturated heterocycles. The van der Waals surface area contributed by atoms with Gasteiger partial charge < -0.3 is 14.8 Å². The van der Waals surface area contributed by atoms with Crippen molar-refractivity contribution in [3.8, 4) is 34.3 Å². The normalized spacial score (nSPS) is 11.7. The lowest BCUT2D eigenvalue weighted by Gasteiger charge is -2.18. The second kappa shape index (κ2) is 9.45. The van der Waals surface area contributed by atoms with Crippen LogP contribution in [-0.4, -0.2) is 21.0 Å². The van der Waals surface area contributed by atoms with E-state index in [4.69, 9.17) is 4.74 Å². The smallest absolute Gasteiger partial charge is 0.349 e. The monoisotopic (exact) mass is 523 g/mol. The zero-order chi connectivity index (χ0) is 24.4. The summed E-state index contributed by atoms with van der Waals surface area (Å²) in [5.74, 6) is -1.21. The van der Waals surface area contributed by atoms with Crippen LogP contribution in [0.3, 0.4) is 0 Å². The van der Waals surface area contributed by atoms with Crippen LogP contribution < -0.4 is 4.74 Å². The Morgan fingerprint density at radius 2 is 1.71 bits per heavy atom. The molecule has 5 rings (SSSR count). The second-order valence-corrected chi connectivity index (χ2v) is 8.77. The molecule has 2 aromatic heterocycles. The first kappa shape index (κ1) is 22.4. The van der Waals surface area contributed by atoms with Gasteiger partial charge in [0.25, 0.3) is 0 Å². The van der Waals surface area contributed by atoms with Crippen molar-refractivity contribution in [2.75, 3.05) is 0 Å². The number of nitrogens with zero attached hydrogens (tertiary/aromatic N) is 2. The lowest BCUT2D eigenvalue weighted by atomic mass is 9.98. The molecule has 1 atom stereocenters. The Hall–Kier alpha value is -4.41. The van der Waals surface area contributed by atoms with Crippen molar-refractivity contribution >= 4 is 32.8 Å². The minimum absolute atomic E-state index is 0.0375. The number of carboxylic acids is 1. The Kier molecular flexibility index (Phi) is 6.04. The Morgan fingerprint density at radius 1 is 1.00 bits per heavy atom. The Labute approximate surface area is 209 Å². The fourth-order valence-electron chi connectivity index (χ4n) is 4.00. The molecular formula is C28H18BrN3O3. The van der Waals surface area contributed by atoms with Crippen LogP contribution in [-0.2, 0) is 4.79 Å². The van der Waals surface area contributed by atoms with Crippen molar-refractivity contribution in [1.82, 2.24) is 9.97 Å². The van der Waals surface area contributed by atoms with Crippen molar-refractivity contribution in [3.63, 3.8) is 0 Å². The van der Waals surface area contributed by atoms with E-state index >= 15 is 0 Å². The topological polar surface area (TPSA) is 99.0 Å². The molecular weight excluding hydrogens is 506 g/mol. The summed E-state index contributed by atoms with van der Waals surface area (Å²) in [6.45, 7) is 0. The number of nitriles is 1. The van der Waals surface area contributed by atoms with Crippen molar-refractivity contribution in [1.29, 1.82) is 5.26 Å². The molecule has 2 N–H and O–H groups in total. The lowest BCUT2D eigenvalue weighted by Crippen LogP contribution is -2.19. The molecule has 3 aromatic carbocycles. The highest BCUT2D eigenvalue weighted by Crippen LogP contribution is 2.39. The van der Waals surface area contributed by atoms with Gasteiger partial charge in [-0.05, 0) is 24.3 Å². The van der Waals surface area contributed by atoms with Crippen LogP contribution in [0, 0.1) is 11.3 Å². The summed E-state index contributed by atoms with van der Waals surface area (Å²) in [6, 6.07) is 28.0. The summed E-state index contributed by atoms with van der Waals surface area (Å²) < 4.78 is 6.86. The summed E-state index contributed by atoms with van der Waals surface area (Å²) >= 11 is 3.52. The van der Waals surface area contributed by atoms with Crippen LogP contribution in [0.1, 0.15) is 17.2 Å². The number of benzene rings is 3. The number of carboxylic acid groups (broad SMARTS) is 1. The average molecular weight is 524 g/mol. The number of halogens is 1. The van der Waals surface area contributed by atoms with E-state index in [9.17, 15) is 15.2 Å². The highest BCUT2D eigenvalue weighted by atomic mass is 79.9. The predicted octanol–water partition coefficient (Wildman–Crippen LogP) is 6.74. The Bertz CT molecular complexity index is 1570. The fourth-order valence-corrected chi connectivity index (χ4v) is 4.36. The van der Waals surface area contributed by atoms with Crippen molar-refractivity contribution in [2.24, 2.45) is 0 Å². The first-order chi connectivity index (χ1) is 17.0. The van der Waals surface area contributed by atoms with Gasteiger partial charge in [0.1, 0.15) is 11.6 Å². The van der Waals surface area contributed by atoms with E-state index in [1.54, 1.807) is 30.3 Å². The highest BCUT2D eigenvalue weighted by molar-refractivity contribution is 9.10. The first-order valence-corrected chi connectivity index (χ1v) is 11.6. The third-order valence-electron chi connectivity index (χ3n) is 5.66. The maximum absolute atomic E-state index is 12.1. The van der Waals surface area contributed by atoms with Gasteiger partial charge >= 0.3 is 5.97 Å². The number of carbonyl (C=O) groups is 1. The van der Waals surface area contributed by atoms with E-state index < -0.39 is 12.1 Å². The molecule has 170 valence electrons. The van der Waals surface area contributed by atoms with Crippen molar-refractivity contribution in [2.45, 2.75) is 6.10 Å². The van der Waals surface area contributed by atoms with E-state index in [2.05, 4.69) is 32.0 Å². The number of aromatic amines is 1. The van der Waals surface area contributed by atoms with E-state index in [1.165, 1.54) is 0 Å². The molecule has 7 heteroatoms. The third kappa shape index (κ3) is 4.39. The SMILES string of the molecule is N#Cc1c(-c2c[nH]c3ccc(Br)cc23)cc(-c2ccccc2)nc1OC(C(=O)O)c1ccccc1. The molecule has 0 aliphatic heterocycles. The van der Waals surface area contributed by atoms with Gasteiger partial charge in [-0.25, -0.2) is 9.78 Å². The summed E-state index contributed by atoms with van der Waals surface area (Å²) in [6.07, 6.45) is 0.504. The van der Waals surface area contributed by atoms with Gasteiger partial charge in [-0.1, -0.05) is 76.6 Å². The standard InChI is InChI=1S/C28H18BrN3O3/c29-19-11-12-24-21(13-19)23(16-31-24)20-14-25(17-7-3-1-4-8-17)32-27(22(20)15-30)35-26(28(33)34)18-9-5-2-6-10-18/h1-14,16,26,31H,(H,33,34). The number of hydrogen-bond donors (Lipinski definition) is 2. The molecule has 0 radical (unpaired) electrons. The van der Waals surface area contributed by atoms with Crippen molar-refractivity contribution in [3.05, 3.63) is 107 Å². The predicted molar refractivity (Wildman–Crippen MR) is 137 cm³/mol. The number of pyridine rings is 1. The van der Waals surface area contributed by atoms with Crippen LogP contribution in [0.15, 0.2) is 95.6 Å². The quantitative estimate of drug-likeness (QED) is 0.257. The number of hydrogen-bond acceptors (Lipinski definition) is 4. The van der Waals surface area contributed by atoms with Gasteiger partial charge in [-0.15, -0.1) is 0 Å². The molecule has 2 heterocycles. The molecule has 0 aliphatic rings. The summed E-state index contributed by atoms with van der Waals surface area (Å²) in [5.41, 5.74) is 4.28. The van der Waals surface area contributed by atoms with Gasteiger partial charge in [-0.3, -0.25) is 0 Å². The first-order valence-electron chi connectivity index (χ1n) is 10.8. The fraction of sp³-hybridized carbons (Fsp3) is 0.0357. The van der Waals surface area contributed by atoms with Crippen LogP contribution in [0.25, 0.3) is 33.3 Å². The number of aliphatic carboxylic acids is 1. The van der Waals surface area contributed by atoms with Gasteiger partial charge in [0.15, 0.2) is 0 Å². The molecule has 0 amide bonds. The molecule has 0 fully saturated rings. The zero-order valence-corrected chi connectivity index (χ0v) is 19.9. The van der Waals surface area contributed by atoms with Gasteiger partial charge in [0, 0.05) is 43.8 Å². The third-order valence-corrected chi connectivity index (χ3v) is 6.15. The molecule has 0 spiro atoms. The summed E-state index contributed by atoms with van der Waals surface area (Å²) in [5, 5.41) is 21.0. The van der Waals surface area contributed by atoms with Crippen LogP contribution in [0.5, 0.6) is 5.88 Å². The van der Waals surface area contributed by atoms with Crippen LogP contribution >= 0.6 is 15.9 Å². The zero-order valence-electron chi connectivity index (χ0n) is 18.3. The summed E-state index contributed by atoms with van der Waals surface area (Å²) in [7, 11) is 0. The number of nitrogens with one attached hydrogen (secondary N) is 1. The highest BCUT2D eigenvalue weighted by Gasteiger charge is 2.26. The van der Waals surface area contributed by atoms with E-state index in [0.29, 0.717) is 16.8 Å².